The average molecular weight is 328 g/mol. The minimum Gasteiger partial charge on any atom is -0.491 e. The Kier molecular flexibility index (Phi) is 5.45. The molecule has 3 atom stereocenters. The number of hydrogen-bond acceptors (Lipinski definition) is 7. The van der Waals surface area contributed by atoms with Gasteiger partial charge < -0.3 is 14.7 Å². The van der Waals surface area contributed by atoms with Crippen LogP contribution in [-0.4, -0.2) is 40.7 Å². The van der Waals surface area contributed by atoms with Gasteiger partial charge in [0.05, 0.1) is 5.37 Å². The Balaban J connectivity index is 2.01. The molecule has 1 aliphatic rings. The van der Waals surface area contributed by atoms with Crippen molar-refractivity contribution in [1.29, 1.82) is 0 Å². The zero-order valence-corrected chi connectivity index (χ0v) is 12.6. The quantitative estimate of drug-likeness (QED) is 0.571. The fourth-order valence-corrected chi connectivity index (χ4v) is 3.27. The average Bonchev–Trinajstić information content (AvgIpc) is 2.94. The lowest BCUT2D eigenvalue weighted by atomic mass is 10.2. The van der Waals surface area contributed by atoms with Crippen molar-refractivity contribution < 1.29 is 24.6 Å². The monoisotopic (exact) mass is 328 g/mol. The Morgan fingerprint density at radius 3 is 2.95 bits per heavy atom. The molecule has 8 nitrogen and oxygen atoms in total. The first-order chi connectivity index (χ1) is 10.5. The lowest BCUT2D eigenvalue weighted by Crippen LogP contribution is -2.33. The van der Waals surface area contributed by atoms with Gasteiger partial charge >= 0.3 is 5.97 Å². The van der Waals surface area contributed by atoms with Crippen LogP contribution in [0.25, 0.3) is 0 Å². The highest BCUT2D eigenvalue weighted by Crippen LogP contribution is 2.37. The summed E-state index contributed by atoms with van der Waals surface area (Å²) in [6, 6.07) is 6.59. The zero-order chi connectivity index (χ0) is 16.1. The van der Waals surface area contributed by atoms with Crippen molar-refractivity contribution in [2.24, 2.45) is 0 Å². The molecule has 1 aromatic carbocycles. The predicted molar refractivity (Wildman–Crippen MR) is 79.2 cm³/mol. The van der Waals surface area contributed by atoms with Crippen molar-refractivity contribution in [3.05, 3.63) is 39.9 Å². The number of nitrogens with zero attached hydrogens (tertiary/aromatic N) is 1. The molecule has 1 saturated heterocycles. The van der Waals surface area contributed by atoms with E-state index >= 15 is 0 Å². The summed E-state index contributed by atoms with van der Waals surface area (Å²) >= 11 is 1.48. The van der Waals surface area contributed by atoms with E-state index in [9.17, 15) is 14.9 Å². The van der Waals surface area contributed by atoms with E-state index in [0.29, 0.717) is 11.5 Å². The van der Waals surface area contributed by atoms with E-state index in [4.69, 9.17) is 9.84 Å². The van der Waals surface area contributed by atoms with Crippen molar-refractivity contribution in [2.75, 3.05) is 12.4 Å². The van der Waals surface area contributed by atoms with E-state index in [1.54, 1.807) is 12.1 Å². The number of aliphatic carboxylic acids is 1. The van der Waals surface area contributed by atoms with Crippen LogP contribution in [0.15, 0.2) is 24.3 Å². The van der Waals surface area contributed by atoms with Gasteiger partial charge in [0.2, 0.25) is 0 Å². The number of carboxylic acid groups (broad SMARTS) is 1. The molecule has 0 bridgehead atoms. The lowest BCUT2D eigenvalue weighted by Gasteiger charge is -2.18. The molecule has 0 radical (unpaired) electrons. The summed E-state index contributed by atoms with van der Waals surface area (Å²) in [6.45, 7) is 1.56. The summed E-state index contributed by atoms with van der Waals surface area (Å²) in [6.07, 6.45) is -0.695. The summed E-state index contributed by atoms with van der Waals surface area (Å²) in [7, 11) is 0. The van der Waals surface area contributed by atoms with Crippen LogP contribution in [0.2, 0.25) is 0 Å². The number of para-hydroxylation sites is 1. The molecule has 2 rings (SSSR count). The highest BCUT2D eigenvalue weighted by Gasteiger charge is 2.31. The Labute approximate surface area is 130 Å². The number of carboxylic acids is 1. The van der Waals surface area contributed by atoms with E-state index < -0.39 is 23.2 Å². The molecule has 0 spiro atoms. The normalized spacial score (nSPS) is 22.0. The van der Waals surface area contributed by atoms with Crippen molar-refractivity contribution in [1.82, 2.24) is 5.32 Å². The summed E-state index contributed by atoms with van der Waals surface area (Å²) in [4.78, 5) is 25.6. The molecule has 9 heteroatoms. The van der Waals surface area contributed by atoms with Gasteiger partial charge in [0.25, 0.3) is 5.09 Å². The first kappa shape index (κ1) is 16.4. The third kappa shape index (κ3) is 4.25. The summed E-state index contributed by atoms with van der Waals surface area (Å²) in [5, 5.41) is 21.2. The second-order valence-corrected chi connectivity index (χ2v) is 5.90. The predicted octanol–water partition coefficient (Wildman–Crippen LogP) is 1.45. The van der Waals surface area contributed by atoms with Crippen molar-refractivity contribution in [3.63, 3.8) is 0 Å². The van der Waals surface area contributed by atoms with Crippen LogP contribution in [0.4, 0.5) is 0 Å². The van der Waals surface area contributed by atoms with Crippen LogP contribution in [0.5, 0.6) is 5.75 Å². The van der Waals surface area contributed by atoms with Crippen molar-refractivity contribution >= 4 is 17.7 Å². The van der Waals surface area contributed by atoms with Crippen LogP contribution in [0.3, 0.4) is 0 Å². The summed E-state index contributed by atoms with van der Waals surface area (Å²) in [5.74, 6) is 0.133. The molecular formula is C13H16N2O6S. The van der Waals surface area contributed by atoms with Gasteiger partial charge in [0, 0.05) is 11.3 Å². The molecule has 120 valence electrons. The number of thioether (sulfide) groups is 1. The maximum Gasteiger partial charge on any atom is 0.321 e. The first-order valence-electron chi connectivity index (χ1n) is 6.60. The minimum atomic E-state index is -0.888. The van der Waals surface area contributed by atoms with Gasteiger partial charge in [-0.2, -0.15) is 0 Å². The highest BCUT2D eigenvalue weighted by molar-refractivity contribution is 7.99. The van der Waals surface area contributed by atoms with Gasteiger partial charge in [-0.25, -0.2) is 0 Å². The number of carbonyl (C=O) groups is 1. The van der Waals surface area contributed by atoms with Crippen LogP contribution in [0, 0.1) is 10.1 Å². The molecule has 0 amide bonds. The van der Waals surface area contributed by atoms with E-state index in [1.807, 2.05) is 12.1 Å². The van der Waals surface area contributed by atoms with Gasteiger partial charge in [-0.1, -0.05) is 18.2 Å². The molecule has 3 unspecified atom stereocenters. The zero-order valence-electron chi connectivity index (χ0n) is 11.8. The number of nitrogens with one attached hydrogen (secondary N) is 1. The third-order valence-electron chi connectivity index (χ3n) is 3.02. The maximum absolute atomic E-state index is 11.0. The van der Waals surface area contributed by atoms with Gasteiger partial charge in [-0.3, -0.25) is 10.1 Å². The largest absolute Gasteiger partial charge is 0.491 e. The second-order valence-electron chi connectivity index (χ2n) is 4.76. The van der Waals surface area contributed by atoms with Crippen LogP contribution in [0.1, 0.15) is 17.9 Å². The van der Waals surface area contributed by atoms with E-state index in [0.717, 1.165) is 5.56 Å². The molecule has 1 heterocycles. The van der Waals surface area contributed by atoms with Gasteiger partial charge in [0.15, 0.2) is 0 Å². The SMILES string of the molecule is CC(COc1ccccc1C1NC(C(=O)O)CS1)O[N+](=O)[O-]. The van der Waals surface area contributed by atoms with Gasteiger partial charge in [0.1, 0.15) is 24.5 Å². The van der Waals surface area contributed by atoms with E-state index in [1.165, 1.54) is 18.7 Å². The minimum absolute atomic E-state index is 0.0255. The fourth-order valence-electron chi connectivity index (χ4n) is 2.01. The van der Waals surface area contributed by atoms with E-state index in [-0.39, 0.29) is 12.0 Å². The molecule has 2 N–H and O–H groups in total. The third-order valence-corrected chi connectivity index (χ3v) is 4.27. The van der Waals surface area contributed by atoms with Crippen LogP contribution >= 0.6 is 11.8 Å². The molecule has 0 aliphatic carbocycles. The second kappa shape index (κ2) is 7.32. The first-order valence-corrected chi connectivity index (χ1v) is 7.65. The topological polar surface area (TPSA) is 111 Å². The molecular weight excluding hydrogens is 312 g/mol. The molecule has 0 aromatic heterocycles. The molecule has 1 aliphatic heterocycles. The Morgan fingerprint density at radius 2 is 2.32 bits per heavy atom. The number of hydrogen-bond donors (Lipinski definition) is 2. The Hall–Kier alpha value is -2.00. The maximum atomic E-state index is 11.0. The van der Waals surface area contributed by atoms with Crippen LogP contribution in [-0.2, 0) is 9.63 Å². The van der Waals surface area contributed by atoms with Gasteiger partial charge in [-0.15, -0.1) is 21.9 Å². The fraction of sp³-hybridized carbons (Fsp3) is 0.462. The molecule has 1 aromatic rings. The van der Waals surface area contributed by atoms with Crippen LogP contribution < -0.4 is 10.1 Å². The van der Waals surface area contributed by atoms with Crippen molar-refractivity contribution in [2.45, 2.75) is 24.4 Å². The Morgan fingerprint density at radius 1 is 1.59 bits per heavy atom. The highest BCUT2D eigenvalue weighted by atomic mass is 32.2. The smallest absolute Gasteiger partial charge is 0.321 e. The molecule has 0 saturated carbocycles. The number of benzene rings is 1. The number of rotatable bonds is 7. The van der Waals surface area contributed by atoms with Gasteiger partial charge in [-0.05, 0) is 13.0 Å². The molecule has 22 heavy (non-hydrogen) atoms. The summed E-state index contributed by atoms with van der Waals surface area (Å²) < 4.78 is 5.58. The molecule has 1 fully saturated rings. The Bertz CT molecular complexity index is 555. The van der Waals surface area contributed by atoms with E-state index in [2.05, 4.69) is 10.2 Å². The lowest BCUT2D eigenvalue weighted by molar-refractivity contribution is -0.767. The van der Waals surface area contributed by atoms with Crippen molar-refractivity contribution in [3.8, 4) is 5.75 Å². The number of ether oxygens (including phenoxy) is 1. The standard InChI is InChI=1S/C13H16N2O6S/c1-8(21-15(18)19)6-20-11-5-3-2-4-9(11)12-14-10(7-22-12)13(16)17/h2-5,8,10,12,14H,6-7H2,1H3,(H,16,17). The summed E-state index contributed by atoms with van der Waals surface area (Å²) in [5.41, 5.74) is 0.810.